The second-order valence-electron chi connectivity index (χ2n) is 6.58. The molecule has 2 aromatic carbocycles. The monoisotopic (exact) mass is 371 g/mol. The predicted molar refractivity (Wildman–Crippen MR) is 105 cm³/mol. The van der Waals surface area contributed by atoms with E-state index in [2.05, 4.69) is 37.2 Å². The summed E-state index contributed by atoms with van der Waals surface area (Å²) in [7, 11) is 5.47. The highest BCUT2D eigenvalue weighted by Crippen LogP contribution is 2.30. The second kappa shape index (κ2) is 7.94. The summed E-state index contributed by atoms with van der Waals surface area (Å²) >= 11 is 6.41. The van der Waals surface area contributed by atoms with Gasteiger partial charge in [0.1, 0.15) is 18.2 Å². The fourth-order valence-corrected chi connectivity index (χ4v) is 3.40. The van der Waals surface area contributed by atoms with Crippen LogP contribution < -0.4 is 14.4 Å². The van der Waals surface area contributed by atoms with Gasteiger partial charge in [0.2, 0.25) is 0 Å². The van der Waals surface area contributed by atoms with E-state index in [1.54, 1.807) is 14.2 Å². The van der Waals surface area contributed by atoms with Crippen LogP contribution in [0.4, 0.5) is 0 Å². The minimum atomic E-state index is 0.576. The first kappa shape index (κ1) is 18.5. The van der Waals surface area contributed by atoms with Crippen LogP contribution in [0, 0.1) is 6.92 Å². The summed E-state index contributed by atoms with van der Waals surface area (Å²) < 4.78 is 10.8. The number of quaternary nitrogens is 1. The third-order valence-corrected chi connectivity index (χ3v) is 4.90. The SMILES string of the molecule is COc1cc(C)c(C[NH+](C)Cc2cc3ccccc3nc2Cl)cc1OC. The summed E-state index contributed by atoms with van der Waals surface area (Å²) in [5.41, 5.74) is 4.39. The van der Waals surface area contributed by atoms with Gasteiger partial charge in [-0.1, -0.05) is 29.8 Å². The lowest BCUT2D eigenvalue weighted by atomic mass is 10.1. The van der Waals surface area contributed by atoms with E-state index in [0.29, 0.717) is 5.15 Å². The van der Waals surface area contributed by atoms with Gasteiger partial charge in [-0.2, -0.15) is 0 Å². The van der Waals surface area contributed by atoms with Gasteiger partial charge in [0.25, 0.3) is 0 Å². The Kier molecular flexibility index (Phi) is 5.64. The molecule has 1 N–H and O–H groups in total. The van der Waals surface area contributed by atoms with E-state index < -0.39 is 0 Å². The summed E-state index contributed by atoms with van der Waals surface area (Å²) in [6.45, 7) is 3.74. The molecule has 0 spiro atoms. The number of ether oxygens (including phenoxy) is 2. The normalized spacial score (nSPS) is 12.2. The van der Waals surface area contributed by atoms with Gasteiger partial charge >= 0.3 is 0 Å². The van der Waals surface area contributed by atoms with Crippen molar-refractivity contribution < 1.29 is 14.4 Å². The Hall–Kier alpha value is -2.30. The number of fused-ring (bicyclic) bond motifs is 1. The van der Waals surface area contributed by atoms with Gasteiger partial charge in [0.15, 0.2) is 11.5 Å². The van der Waals surface area contributed by atoms with Crippen molar-refractivity contribution in [3.8, 4) is 11.5 Å². The molecule has 4 nitrogen and oxygen atoms in total. The number of benzene rings is 2. The summed E-state index contributed by atoms with van der Waals surface area (Å²) in [6.07, 6.45) is 0. The molecule has 0 bridgehead atoms. The van der Waals surface area contributed by atoms with Gasteiger partial charge in [-0.15, -0.1) is 0 Å². The molecule has 0 amide bonds. The smallest absolute Gasteiger partial charge is 0.161 e. The number of rotatable bonds is 6. The standard InChI is InChI=1S/C21H23ClN2O2/c1-14-9-19(25-3)20(26-4)11-16(14)12-24(2)13-17-10-15-7-5-6-8-18(15)23-21(17)22/h5-11H,12-13H2,1-4H3/p+1. The Labute approximate surface area is 159 Å². The number of pyridine rings is 1. The maximum Gasteiger partial charge on any atom is 0.161 e. The van der Waals surface area contributed by atoms with Crippen LogP contribution >= 0.6 is 11.6 Å². The molecule has 26 heavy (non-hydrogen) atoms. The number of aromatic nitrogens is 1. The van der Waals surface area contributed by atoms with Crippen LogP contribution in [0.5, 0.6) is 11.5 Å². The zero-order valence-corrected chi connectivity index (χ0v) is 16.4. The molecule has 3 aromatic rings. The number of para-hydroxylation sites is 1. The van der Waals surface area contributed by atoms with E-state index in [9.17, 15) is 0 Å². The van der Waals surface area contributed by atoms with Crippen molar-refractivity contribution in [2.24, 2.45) is 0 Å². The number of aryl methyl sites for hydroxylation is 1. The van der Waals surface area contributed by atoms with Crippen molar-refractivity contribution in [2.75, 3.05) is 21.3 Å². The number of hydrogen-bond donors (Lipinski definition) is 1. The molecule has 1 heterocycles. The fourth-order valence-electron chi connectivity index (χ4n) is 3.19. The molecule has 0 aliphatic carbocycles. The summed E-state index contributed by atoms with van der Waals surface area (Å²) in [4.78, 5) is 5.84. The van der Waals surface area contributed by atoms with Gasteiger partial charge < -0.3 is 14.4 Å². The van der Waals surface area contributed by atoms with E-state index in [-0.39, 0.29) is 0 Å². The molecule has 3 rings (SSSR count). The van der Waals surface area contributed by atoms with Gasteiger partial charge in [-0.3, -0.25) is 0 Å². The number of methoxy groups -OCH3 is 2. The highest BCUT2D eigenvalue weighted by atomic mass is 35.5. The quantitative estimate of drug-likeness (QED) is 0.674. The lowest BCUT2D eigenvalue weighted by molar-refractivity contribution is -0.907. The third kappa shape index (κ3) is 3.92. The van der Waals surface area contributed by atoms with Gasteiger partial charge in [0.05, 0.1) is 26.8 Å². The largest absolute Gasteiger partial charge is 0.493 e. The van der Waals surface area contributed by atoms with Crippen molar-refractivity contribution in [1.82, 2.24) is 4.98 Å². The van der Waals surface area contributed by atoms with Crippen LogP contribution in [-0.4, -0.2) is 26.3 Å². The van der Waals surface area contributed by atoms with Crippen LogP contribution in [0.15, 0.2) is 42.5 Å². The van der Waals surface area contributed by atoms with Crippen LogP contribution in [0.1, 0.15) is 16.7 Å². The molecule has 136 valence electrons. The molecule has 0 fully saturated rings. The van der Waals surface area contributed by atoms with E-state index in [0.717, 1.165) is 41.1 Å². The van der Waals surface area contributed by atoms with Gasteiger partial charge in [0, 0.05) is 16.5 Å². The Bertz CT molecular complexity index is 927. The van der Waals surface area contributed by atoms with Crippen LogP contribution in [-0.2, 0) is 13.1 Å². The zero-order chi connectivity index (χ0) is 18.7. The molecule has 1 aromatic heterocycles. The highest BCUT2D eigenvalue weighted by Gasteiger charge is 2.15. The summed E-state index contributed by atoms with van der Waals surface area (Å²) in [5.74, 6) is 1.51. The lowest BCUT2D eigenvalue weighted by Crippen LogP contribution is -3.06. The number of hydrogen-bond acceptors (Lipinski definition) is 3. The number of nitrogens with one attached hydrogen (secondary N) is 1. The van der Waals surface area contributed by atoms with Crippen molar-refractivity contribution in [1.29, 1.82) is 0 Å². The molecule has 1 unspecified atom stereocenters. The first-order chi connectivity index (χ1) is 12.5. The molecule has 5 heteroatoms. The molecule has 0 aliphatic heterocycles. The van der Waals surface area contributed by atoms with Crippen molar-refractivity contribution in [3.05, 3.63) is 64.3 Å². The minimum absolute atomic E-state index is 0.576. The first-order valence-electron chi connectivity index (χ1n) is 8.58. The topological polar surface area (TPSA) is 35.8 Å². The molecule has 0 saturated carbocycles. The maximum absolute atomic E-state index is 6.41. The molecule has 1 atom stereocenters. The van der Waals surface area contributed by atoms with E-state index in [4.69, 9.17) is 21.1 Å². The minimum Gasteiger partial charge on any atom is -0.493 e. The second-order valence-corrected chi connectivity index (χ2v) is 6.93. The average Bonchev–Trinajstić information content (AvgIpc) is 2.63. The predicted octanol–water partition coefficient (Wildman–Crippen LogP) is 3.43. The Morgan fingerprint density at radius 3 is 2.35 bits per heavy atom. The highest BCUT2D eigenvalue weighted by molar-refractivity contribution is 6.30. The molecule has 0 saturated heterocycles. The van der Waals surface area contributed by atoms with Crippen LogP contribution in [0.2, 0.25) is 5.15 Å². The van der Waals surface area contributed by atoms with Crippen molar-refractivity contribution >= 4 is 22.5 Å². The molecular formula is C21H24ClN2O2+. The van der Waals surface area contributed by atoms with Crippen LogP contribution in [0.25, 0.3) is 10.9 Å². The molecule has 0 aliphatic rings. The van der Waals surface area contributed by atoms with Crippen molar-refractivity contribution in [3.63, 3.8) is 0 Å². The van der Waals surface area contributed by atoms with E-state index in [1.165, 1.54) is 16.0 Å². The van der Waals surface area contributed by atoms with E-state index in [1.807, 2.05) is 24.3 Å². The molecule has 0 radical (unpaired) electrons. The lowest BCUT2D eigenvalue weighted by Gasteiger charge is -2.18. The Morgan fingerprint density at radius 2 is 1.62 bits per heavy atom. The number of nitrogens with zero attached hydrogens (tertiary/aromatic N) is 1. The first-order valence-corrected chi connectivity index (χ1v) is 8.96. The zero-order valence-electron chi connectivity index (χ0n) is 15.6. The van der Waals surface area contributed by atoms with E-state index >= 15 is 0 Å². The summed E-state index contributed by atoms with van der Waals surface area (Å²) in [5, 5.41) is 1.69. The van der Waals surface area contributed by atoms with Gasteiger partial charge in [-0.25, -0.2) is 4.98 Å². The fraction of sp³-hybridized carbons (Fsp3) is 0.286. The van der Waals surface area contributed by atoms with Crippen molar-refractivity contribution in [2.45, 2.75) is 20.0 Å². The summed E-state index contributed by atoms with van der Waals surface area (Å²) in [6, 6.07) is 14.2. The Morgan fingerprint density at radius 1 is 0.962 bits per heavy atom. The number of halogens is 1. The third-order valence-electron chi connectivity index (χ3n) is 4.58. The average molecular weight is 372 g/mol. The molecular weight excluding hydrogens is 348 g/mol. The van der Waals surface area contributed by atoms with Gasteiger partial charge in [-0.05, 0) is 36.8 Å². The van der Waals surface area contributed by atoms with Crippen LogP contribution in [0.3, 0.4) is 0 Å². The Balaban J connectivity index is 1.81. The maximum atomic E-state index is 6.41.